The van der Waals surface area contributed by atoms with E-state index in [1.165, 1.54) is 148 Å². The molecule has 15 unspecified atom stereocenters. The standard InChI is InChI=1S/C40H66N6/c1-3-17-44-24-39(22-28(32(44)11-1)20-26-8-6-16-41-36(26)39)34-13-5-10-31(42-34)30-14-15-35-40-23-29(33-12-2-4-18-45(33)25-40)21-27-9-7-19-46(37(27)40)38(30)43-35/h26-38,41-43H,1-25H2. The largest absolute Gasteiger partial charge is 0.313 e. The van der Waals surface area contributed by atoms with Gasteiger partial charge in [0.25, 0.3) is 0 Å². The Kier molecular flexibility index (Phi) is 7.13. The summed E-state index contributed by atoms with van der Waals surface area (Å²) in [6.45, 7) is 8.21. The molecule has 6 bridgehead atoms. The van der Waals surface area contributed by atoms with Crippen LogP contribution in [-0.4, -0.2) is 102 Å². The zero-order chi connectivity index (χ0) is 30.0. The van der Waals surface area contributed by atoms with Gasteiger partial charge in [-0.1, -0.05) is 19.3 Å². The molecule has 0 radical (unpaired) electrons. The van der Waals surface area contributed by atoms with E-state index >= 15 is 0 Å². The Morgan fingerprint density at radius 1 is 0.543 bits per heavy atom. The molecular weight excluding hydrogens is 564 g/mol. The lowest BCUT2D eigenvalue weighted by Gasteiger charge is -2.72. The van der Waals surface area contributed by atoms with Crippen molar-refractivity contribution in [2.24, 2.45) is 40.4 Å². The Bertz CT molecular complexity index is 1160. The molecule has 0 aromatic heterocycles. The van der Waals surface area contributed by atoms with E-state index in [-0.39, 0.29) is 0 Å². The summed E-state index contributed by atoms with van der Waals surface area (Å²) in [7, 11) is 0. The van der Waals surface area contributed by atoms with Crippen molar-refractivity contribution in [3.8, 4) is 0 Å². The van der Waals surface area contributed by atoms with E-state index < -0.39 is 0 Å². The SMILES string of the molecule is C1CNC2C(C1)CC1CC2(C2CCCC(C3CCC4NC3N3CCCC5CC6CC4(CN4CCCCC64)C53)N2)CN2CCCCC12. The Labute approximate surface area is 280 Å². The monoisotopic (exact) mass is 631 g/mol. The first-order chi connectivity index (χ1) is 22.7. The molecule has 1 spiro atoms. The van der Waals surface area contributed by atoms with Crippen LogP contribution in [0.1, 0.15) is 122 Å². The van der Waals surface area contributed by atoms with Crippen molar-refractivity contribution in [2.75, 3.05) is 39.3 Å². The van der Waals surface area contributed by atoms with Crippen molar-refractivity contribution in [3.63, 3.8) is 0 Å². The predicted molar refractivity (Wildman–Crippen MR) is 184 cm³/mol. The fourth-order valence-corrected chi connectivity index (χ4v) is 16.5. The molecule has 15 atom stereocenters. The van der Waals surface area contributed by atoms with Gasteiger partial charge in [0.05, 0.1) is 6.17 Å². The lowest BCUT2D eigenvalue weighted by Crippen LogP contribution is -2.82. The van der Waals surface area contributed by atoms with E-state index in [0.717, 1.165) is 59.8 Å². The molecule has 11 fully saturated rings. The highest BCUT2D eigenvalue weighted by atomic mass is 15.4. The first-order valence-electron chi connectivity index (χ1n) is 21.2. The van der Waals surface area contributed by atoms with Crippen LogP contribution < -0.4 is 16.0 Å². The summed E-state index contributed by atoms with van der Waals surface area (Å²) >= 11 is 0. The normalized spacial score (nSPS) is 57.0. The van der Waals surface area contributed by atoms with Gasteiger partial charge < -0.3 is 10.6 Å². The summed E-state index contributed by atoms with van der Waals surface area (Å²) in [6.07, 6.45) is 28.7. The van der Waals surface area contributed by atoms with Gasteiger partial charge in [-0.25, -0.2) is 0 Å². The zero-order valence-corrected chi connectivity index (χ0v) is 29.0. The molecule has 0 aromatic rings. The maximum Gasteiger partial charge on any atom is 0.0646 e. The molecule has 6 nitrogen and oxygen atoms in total. The first kappa shape index (κ1) is 29.5. The summed E-state index contributed by atoms with van der Waals surface area (Å²) in [5.74, 6) is 4.64. The number of hydrogen-bond donors (Lipinski definition) is 3. The quantitative estimate of drug-likeness (QED) is 0.391. The molecule has 256 valence electrons. The van der Waals surface area contributed by atoms with Crippen LogP contribution in [0.25, 0.3) is 0 Å². The minimum absolute atomic E-state index is 0.448. The van der Waals surface area contributed by atoms with Crippen LogP contribution in [0, 0.1) is 40.4 Å². The summed E-state index contributed by atoms with van der Waals surface area (Å²) in [6, 6.07) is 5.62. The van der Waals surface area contributed by atoms with Crippen molar-refractivity contribution >= 4 is 0 Å². The highest BCUT2D eigenvalue weighted by molar-refractivity contribution is 5.20. The number of nitrogens with one attached hydrogen (secondary N) is 3. The average molecular weight is 631 g/mol. The lowest BCUT2D eigenvalue weighted by molar-refractivity contribution is -0.211. The van der Waals surface area contributed by atoms with E-state index in [2.05, 4.69) is 30.7 Å². The minimum atomic E-state index is 0.448. The second kappa shape index (κ2) is 11.1. The highest BCUT2D eigenvalue weighted by Gasteiger charge is 2.66. The van der Waals surface area contributed by atoms with E-state index in [4.69, 9.17) is 0 Å². The fourth-order valence-electron chi connectivity index (χ4n) is 16.5. The van der Waals surface area contributed by atoms with E-state index in [1.54, 1.807) is 12.8 Å². The minimum Gasteiger partial charge on any atom is -0.313 e. The second-order valence-electron chi connectivity index (χ2n) is 19.5. The van der Waals surface area contributed by atoms with Crippen LogP contribution in [-0.2, 0) is 0 Å². The molecule has 0 aromatic carbocycles. The number of nitrogens with zero attached hydrogens (tertiary/aromatic N) is 3. The van der Waals surface area contributed by atoms with Crippen LogP contribution in [0.2, 0.25) is 0 Å². The number of fused-ring (bicyclic) bond motifs is 12. The van der Waals surface area contributed by atoms with Gasteiger partial charge in [0.2, 0.25) is 0 Å². The summed E-state index contributed by atoms with van der Waals surface area (Å²) < 4.78 is 0. The molecule has 9 saturated heterocycles. The maximum absolute atomic E-state index is 4.65. The fraction of sp³-hybridized carbons (Fsp3) is 1.00. The van der Waals surface area contributed by atoms with Gasteiger partial charge in [0.15, 0.2) is 0 Å². The van der Waals surface area contributed by atoms with Gasteiger partial charge in [-0.05, 0) is 153 Å². The van der Waals surface area contributed by atoms with Gasteiger partial charge in [0, 0.05) is 72.1 Å². The lowest BCUT2D eigenvalue weighted by atomic mass is 9.50. The van der Waals surface area contributed by atoms with Gasteiger partial charge in [0.1, 0.15) is 0 Å². The Balaban J connectivity index is 0.883. The molecule has 3 N–H and O–H groups in total. The number of piperidine rings is 8. The van der Waals surface area contributed by atoms with Gasteiger partial charge in [-0.3, -0.25) is 20.0 Å². The third kappa shape index (κ3) is 4.22. The van der Waals surface area contributed by atoms with Crippen molar-refractivity contribution in [2.45, 2.75) is 170 Å². The Morgan fingerprint density at radius 3 is 2.13 bits per heavy atom. The molecular formula is C40H66N6. The average Bonchev–Trinajstić information content (AvgIpc) is 3.11. The predicted octanol–water partition coefficient (Wildman–Crippen LogP) is 5.18. The van der Waals surface area contributed by atoms with Crippen molar-refractivity contribution in [3.05, 3.63) is 0 Å². The van der Waals surface area contributed by atoms with Crippen LogP contribution in [0.5, 0.6) is 0 Å². The molecule has 9 heterocycles. The zero-order valence-electron chi connectivity index (χ0n) is 29.0. The maximum atomic E-state index is 4.65. The summed E-state index contributed by atoms with van der Waals surface area (Å²) in [5.41, 5.74) is 0.972. The van der Waals surface area contributed by atoms with Crippen LogP contribution in [0.3, 0.4) is 0 Å². The third-order valence-corrected chi connectivity index (χ3v) is 17.7. The molecule has 46 heavy (non-hydrogen) atoms. The molecule has 11 rings (SSSR count). The van der Waals surface area contributed by atoms with E-state index in [0.29, 0.717) is 29.1 Å². The van der Waals surface area contributed by atoms with E-state index in [9.17, 15) is 0 Å². The molecule has 11 aliphatic rings. The number of hydrogen-bond acceptors (Lipinski definition) is 6. The van der Waals surface area contributed by atoms with Crippen molar-refractivity contribution in [1.82, 2.24) is 30.7 Å². The van der Waals surface area contributed by atoms with Gasteiger partial charge >= 0.3 is 0 Å². The Hall–Kier alpha value is -0.240. The van der Waals surface area contributed by atoms with Crippen LogP contribution >= 0.6 is 0 Å². The molecule has 0 amide bonds. The van der Waals surface area contributed by atoms with Crippen LogP contribution in [0.4, 0.5) is 0 Å². The first-order valence-corrected chi connectivity index (χ1v) is 21.2. The van der Waals surface area contributed by atoms with Crippen molar-refractivity contribution < 1.29 is 0 Å². The molecule has 2 saturated carbocycles. The summed E-state index contributed by atoms with van der Waals surface area (Å²) in [5, 5.41) is 13.5. The highest BCUT2D eigenvalue weighted by Crippen LogP contribution is 2.61. The third-order valence-electron chi connectivity index (χ3n) is 17.7. The summed E-state index contributed by atoms with van der Waals surface area (Å²) in [4.78, 5) is 9.26. The topological polar surface area (TPSA) is 45.8 Å². The molecule has 2 aliphatic carbocycles. The Morgan fingerprint density at radius 2 is 1.28 bits per heavy atom. The van der Waals surface area contributed by atoms with Gasteiger partial charge in [-0.15, -0.1) is 0 Å². The molecule has 9 aliphatic heterocycles. The smallest absolute Gasteiger partial charge is 0.0646 e. The molecule has 6 heteroatoms. The van der Waals surface area contributed by atoms with Crippen LogP contribution in [0.15, 0.2) is 0 Å². The van der Waals surface area contributed by atoms with Gasteiger partial charge in [-0.2, -0.15) is 0 Å². The van der Waals surface area contributed by atoms with Crippen molar-refractivity contribution in [1.29, 1.82) is 0 Å². The van der Waals surface area contributed by atoms with E-state index in [1.807, 2.05) is 0 Å². The number of rotatable bonds is 2. The second-order valence-corrected chi connectivity index (χ2v) is 19.5.